The first-order valence-corrected chi connectivity index (χ1v) is 13.5. The van der Waals surface area contributed by atoms with Gasteiger partial charge in [0.25, 0.3) is 5.91 Å². The molecule has 3 aromatic rings. The van der Waals surface area contributed by atoms with Crippen molar-refractivity contribution >= 4 is 22.8 Å². The van der Waals surface area contributed by atoms with Crippen molar-refractivity contribution in [1.82, 2.24) is 25.6 Å². The highest BCUT2D eigenvalue weighted by Gasteiger charge is 2.35. The van der Waals surface area contributed by atoms with Crippen molar-refractivity contribution in [2.24, 2.45) is 5.92 Å². The Balaban J connectivity index is 1.41. The maximum absolute atomic E-state index is 14.8. The molecule has 0 saturated heterocycles. The van der Waals surface area contributed by atoms with Gasteiger partial charge in [-0.3, -0.25) is 9.59 Å². The smallest absolute Gasteiger partial charge is 0.416 e. The van der Waals surface area contributed by atoms with Crippen LogP contribution in [0.2, 0.25) is 0 Å². The number of aliphatic hydroxyl groups is 1. The molecule has 2 fully saturated rings. The third kappa shape index (κ3) is 6.29. The lowest BCUT2D eigenvalue weighted by molar-refractivity contribution is -0.137. The third-order valence-electron chi connectivity index (χ3n) is 7.55. The Labute approximate surface area is 233 Å². The van der Waals surface area contributed by atoms with Crippen molar-refractivity contribution in [3.05, 3.63) is 41.3 Å². The molecule has 13 heteroatoms. The van der Waals surface area contributed by atoms with E-state index in [9.17, 15) is 32.3 Å². The Morgan fingerprint density at radius 2 is 1.93 bits per heavy atom. The summed E-state index contributed by atoms with van der Waals surface area (Å²) >= 11 is 0. The minimum Gasteiger partial charge on any atom is -0.493 e. The van der Waals surface area contributed by atoms with Crippen molar-refractivity contribution in [1.29, 1.82) is 0 Å². The summed E-state index contributed by atoms with van der Waals surface area (Å²) in [5.41, 5.74) is 0.507. The van der Waals surface area contributed by atoms with Gasteiger partial charge in [0.15, 0.2) is 0 Å². The predicted molar refractivity (Wildman–Crippen MR) is 141 cm³/mol. The summed E-state index contributed by atoms with van der Waals surface area (Å²) in [4.78, 5) is 36.7. The van der Waals surface area contributed by atoms with Crippen LogP contribution in [-0.2, 0) is 11.0 Å². The first-order chi connectivity index (χ1) is 19.4. The Bertz CT molecular complexity index is 1450. The van der Waals surface area contributed by atoms with Crippen LogP contribution in [-0.4, -0.2) is 62.8 Å². The van der Waals surface area contributed by atoms with Crippen LogP contribution in [0.15, 0.2) is 24.5 Å². The van der Waals surface area contributed by atoms with Crippen molar-refractivity contribution < 1.29 is 37.0 Å². The molecule has 5 rings (SSSR count). The summed E-state index contributed by atoms with van der Waals surface area (Å²) in [6.45, 7) is 3.31. The molecule has 1 aromatic carbocycles. The fourth-order valence-electron chi connectivity index (χ4n) is 5.08. The van der Waals surface area contributed by atoms with Crippen LogP contribution in [0, 0.1) is 12.8 Å². The van der Waals surface area contributed by atoms with Crippen LogP contribution >= 0.6 is 0 Å². The monoisotopic (exact) mass is 577 g/mol. The fourth-order valence-corrected chi connectivity index (χ4v) is 5.08. The van der Waals surface area contributed by atoms with Crippen LogP contribution in [0.5, 0.6) is 5.75 Å². The second-order valence-corrected chi connectivity index (χ2v) is 10.8. The van der Waals surface area contributed by atoms with E-state index in [-0.39, 0.29) is 46.4 Å². The average Bonchev–Trinajstić information content (AvgIpc) is 3.67. The lowest BCUT2D eigenvalue weighted by atomic mass is 9.89. The normalized spacial score (nSPS) is 21.9. The summed E-state index contributed by atoms with van der Waals surface area (Å²) in [6.07, 6.45) is -3.46. The zero-order chi connectivity index (χ0) is 29.5. The van der Waals surface area contributed by atoms with E-state index in [0.29, 0.717) is 24.6 Å². The zero-order valence-corrected chi connectivity index (χ0v) is 22.5. The number of nitrogens with zero attached hydrogens (tertiary/aromatic N) is 2. The highest BCUT2D eigenvalue weighted by molar-refractivity contribution is 6.09. The Morgan fingerprint density at radius 3 is 2.59 bits per heavy atom. The lowest BCUT2D eigenvalue weighted by Crippen LogP contribution is -2.51. The second-order valence-electron chi connectivity index (χ2n) is 10.8. The zero-order valence-electron chi connectivity index (χ0n) is 22.5. The van der Waals surface area contributed by atoms with Gasteiger partial charge in [0.2, 0.25) is 5.91 Å². The number of aromatic amines is 1. The van der Waals surface area contributed by atoms with Crippen molar-refractivity contribution in [3.63, 3.8) is 0 Å². The van der Waals surface area contributed by atoms with E-state index in [4.69, 9.17) is 4.74 Å². The summed E-state index contributed by atoms with van der Waals surface area (Å²) in [6, 6.07) is 1.94. The van der Waals surface area contributed by atoms with Crippen molar-refractivity contribution in [2.75, 3.05) is 6.61 Å². The molecule has 4 N–H and O–H groups in total. The van der Waals surface area contributed by atoms with E-state index in [0.717, 1.165) is 25.0 Å². The van der Waals surface area contributed by atoms with Crippen molar-refractivity contribution in [3.8, 4) is 17.0 Å². The van der Waals surface area contributed by atoms with Crippen LogP contribution in [0.4, 0.5) is 17.6 Å². The van der Waals surface area contributed by atoms with Gasteiger partial charge in [0.1, 0.15) is 35.6 Å². The van der Waals surface area contributed by atoms with Crippen LogP contribution < -0.4 is 15.4 Å². The first-order valence-electron chi connectivity index (χ1n) is 13.5. The molecular formula is C28H31F4N5O4. The molecule has 220 valence electrons. The SMILES string of the molecule is Cc1[nH]c2c(-c3cc(C(F)(F)F)ccc3OCC3CC3)ncnc2c1C(=O)N[C@@H]1CC[C@@H](NC(=O)[C@H](C)O)[C@H](F)C1. The molecule has 2 aromatic heterocycles. The molecule has 2 heterocycles. The quantitative estimate of drug-likeness (QED) is 0.297. The largest absolute Gasteiger partial charge is 0.493 e. The number of alkyl halides is 4. The molecule has 2 amide bonds. The van der Waals surface area contributed by atoms with Gasteiger partial charge in [-0.25, -0.2) is 14.4 Å². The van der Waals surface area contributed by atoms with Gasteiger partial charge in [0, 0.05) is 23.7 Å². The Hall–Kier alpha value is -3.74. The maximum Gasteiger partial charge on any atom is 0.416 e. The maximum atomic E-state index is 14.8. The van der Waals surface area contributed by atoms with E-state index < -0.39 is 47.9 Å². The number of aromatic nitrogens is 3. The van der Waals surface area contributed by atoms with Gasteiger partial charge >= 0.3 is 6.18 Å². The van der Waals surface area contributed by atoms with Gasteiger partial charge in [-0.2, -0.15) is 13.2 Å². The predicted octanol–water partition coefficient (Wildman–Crippen LogP) is 4.23. The van der Waals surface area contributed by atoms with E-state index in [2.05, 4.69) is 25.6 Å². The number of rotatable bonds is 8. The van der Waals surface area contributed by atoms with Crippen LogP contribution in [0.3, 0.4) is 0 Å². The van der Waals surface area contributed by atoms with Gasteiger partial charge in [-0.15, -0.1) is 0 Å². The highest BCUT2D eigenvalue weighted by Crippen LogP contribution is 2.40. The average molecular weight is 578 g/mol. The molecule has 0 bridgehead atoms. The number of ether oxygens (including phenoxy) is 1. The molecule has 4 atom stereocenters. The van der Waals surface area contributed by atoms with Crippen LogP contribution in [0.1, 0.15) is 60.6 Å². The number of hydrogen-bond donors (Lipinski definition) is 4. The van der Waals surface area contributed by atoms with E-state index in [1.54, 1.807) is 6.92 Å². The molecule has 9 nitrogen and oxygen atoms in total. The number of benzene rings is 1. The van der Waals surface area contributed by atoms with E-state index in [1.807, 2.05) is 0 Å². The minimum atomic E-state index is -4.58. The fraction of sp³-hybridized carbons (Fsp3) is 0.500. The number of hydrogen-bond acceptors (Lipinski definition) is 6. The first kappa shape index (κ1) is 28.8. The Morgan fingerprint density at radius 1 is 1.17 bits per heavy atom. The lowest BCUT2D eigenvalue weighted by Gasteiger charge is -2.32. The number of carbonyl (C=O) groups is 2. The number of nitrogens with one attached hydrogen (secondary N) is 3. The van der Waals surface area contributed by atoms with Gasteiger partial charge in [-0.05, 0) is 63.6 Å². The minimum absolute atomic E-state index is 0.0376. The highest BCUT2D eigenvalue weighted by atomic mass is 19.4. The number of aryl methyl sites for hydroxylation is 1. The molecule has 0 unspecified atom stereocenters. The number of carbonyl (C=O) groups excluding carboxylic acids is 2. The van der Waals surface area contributed by atoms with Gasteiger partial charge in [-0.1, -0.05) is 0 Å². The number of H-pyrrole nitrogens is 1. The standard InChI is InChI=1S/C28H31F4N5O4/c1-13-22(27(40)36-17-6-7-20(19(29)10-17)37-26(39)14(2)38)24-25(35-13)23(33-12-34-24)18-9-16(28(30,31)32)5-8-21(18)41-11-15-3-4-15/h5,8-9,12,14-15,17,19-20,35,38H,3-4,6-7,10-11H2,1-2H3,(H,36,40)(H,37,39)/t14-,17+,19+,20+/m0/s1. The number of halogens is 4. The molecule has 0 spiro atoms. The summed E-state index contributed by atoms with van der Waals surface area (Å²) in [5.74, 6) is -0.563. The second kappa shape index (κ2) is 11.3. The number of aliphatic hydroxyl groups excluding tert-OH is 1. The van der Waals surface area contributed by atoms with E-state index in [1.165, 1.54) is 19.3 Å². The number of amides is 2. The summed E-state index contributed by atoms with van der Waals surface area (Å²) in [7, 11) is 0. The van der Waals surface area contributed by atoms with Crippen molar-refractivity contribution in [2.45, 2.75) is 76.5 Å². The molecule has 2 saturated carbocycles. The molecule has 2 aliphatic rings. The van der Waals surface area contributed by atoms with E-state index >= 15 is 0 Å². The molecule has 2 aliphatic carbocycles. The molecule has 41 heavy (non-hydrogen) atoms. The van der Waals surface area contributed by atoms with Crippen LogP contribution in [0.25, 0.3) is 22.3 Å². The summed E-state index contributed by atoms with van der Waals surface area (Å²) < 4.78 is 61.5. The molecular weight excluding hydrogens is 546 g/mol. The third-order valence-corrected chi connectivity index (χ3v) is 7.55. The molecule has 0 radical (unpaired) electrons. The Kier molecular flexibility index (Phi) is 7.91. The topological polar surface area (TPSA) is 129 Å². The number of fused-ring (bicyclic) bond motifs is 1. The van der Waals surface area contributed by atoms with Gasteiger partial charge < -0.3 is 25.5 Å². The summed E-state index contributed by atoms with van der Waals surface area (Å²) in [5, 5.41) is 14.7. The molecule has 0 aliphatic heterocycles. The van der Waals surface area contributed by atoms with Gasteiger partial charge in [0.05, 0.1) is 29.3 Å².